The van der Waals surface area contributed by atoms with Gasteiger partial charge in [-0.2, -0.15) is 0 Å². The third-order valence-corrected chi connectivity index (χ3v) is 3.60. The second kappa shape index (κ2) is 4.12. The van der Waals surface area contributed by atoms with Crippen LogP contribution in [0.25, 0.3) is 0 Å². The van der Waals surface area contributed by atoms with Gasteiger partial charge in [0.15, 0.2) is 0 Å². The van der Waals surface area contributed by atoms with Gasteiger partial charge in [-0.05, 0) is 20.8 Å². The molecule has 2 rings (SSSR count). The number of nitrogens with zero attached hydrogens (tertiary/aromatic N) is 1. The number of carbonyl (C=O) groups excluding carboxylic acids is 1. The number of aliphatic carboxylic acids is 1. The number of hydrogen-bond acceptors (Lipinski definition) is 4. The molecule has 2 aliphatic heterocycles. The lowest BCUT2D eigenvalue weighted by atomic mass is 9.81. The highest BCUT2D eigenvalue weighted by Gasteiger charge is 2.56. The van der Waals surface area contributed by atoms with Gasteiger partial charge >= 0.3 is 12.1 Å². The topological polar surface area (TPSA) is 78.9 Å². The Bertz CT molecular complexity index is 377. The monoisotopic (exact) mass is 256 g/mol. The van der Waals surface area contributed by atoms with E-state index >= 15 is 0 Å². The van der Waals surface area contributed by atoms with Crippen molar-refractivity contribution in [2.75, 3.05) is 26.2 Å². The summed E-state index contributed by atoms with van der Waals surface area (Å²) in [6, 6.07) is 0. The lowest BCUT2D eigenvalue weighted by Crippen LogP contribution is -2.42. The number of ether oxygens (including phenoxy) is 1. The molecular formula is C12H20N2O4. The predicted molar refractivity (Wildman–Crippen MR) is 64.2 cm³/mol. The summed E-state index contributed by atoms with van der Waals surface area (Å²) in [4.78, 5) is 24.9. The summed E-state index contributed by atoms with van der Waals surface area (Å²) in [5.74, 6) is -0.855. The van der Waals surface area contributed by atoms with Crippen LogP contribution >= 0.6 is 0 Å². The van der Waals surface area contributed by atoms with E-state index in [0.717, 1.165) is 0 Å². The average molecular weight is 256 g/mol. The molecule has 0 spiro atoms. The third-order valence-electron chi connectivity index (χ3n) is 3.60. The number of hydrogen-bond donors (Lipinski definition) is 2. The summed E-state index contributed by atoms with van der Waals surface area (Å²) in [5, 5.41) is 12.5. The largest absolute Gasteiger partial charge is 0.481 e. The number of carbonyl (C=O) groups is 2. The number of carboxylic acids is 1. The van der Waals surface area contributed by atoms with Gasteiger partial charge in [-0.15, -0.1) is 0 Å². The second-order valence-electron chi connectivity index (χ2n) is 6.15. The van der Waals surface area contributed by atoms with Crippen molar-refractivity contribution in [1.82, 2.24) is 10.2 Å². The smallest absolute Gasteiger partial charge is 0.410 e. The van der Waals surface area contributed by atoms with Crippen molar-refractivity contribution in [1.29, 1.82) is 0 Å². The Balaban J connectivity index is 2.08. The van der Waals surface area contributed by atoms with Gasteiger partial charge in [0.1, 0.15) is 11.0 Å². The normalized spacial score (nSPS) is 31.3. The lowest BCUT2D eigenvalue weighted by Gasteiger charge is -2.26. The van der Waals surface area contributed by atoms with Crippen LogP contribution in [-0.4, -0.2) is 53.8 Å². The van der Waals surface area contributed by atoms with Crippen molar-refractivity contribution < 1.29 is 19.4 Å². The Hall–Kier alpha value is -1.30. The summed E-state index contributed by atoms with van der Waals surface area (Å²) < 4.78 is 5.29. The zero-order valence-corrected chi connectivity index (χ0v) is 11.0. The minimum Gasteiger partial charge on any atom is -0.481 e. The van der Waals surface area contributed by atoms with Gasteiger partial charge in [0, 0.05) is 32.1 Å². The Morgan fingerprint density at radius 1 is 1.44 bits per heavy atom. The first-order chi connectivity index (χ1) is 8.24. The summed E-state index contributed by atoms with van der Waals surface area (Å²) in [5.41, 5.74) is -1.39. The van der Waals surface area contributed by atoms with Crippen LogP contribution in [0.5, 0.6) is 0 Å². The Morgan fingerprint density at radius 2 is 2.11 bits per heavy atom. The molecule has 1 amide bonds. The number of likely N-dealkylation sites (tertiary alicyclic amines) is 1. The molecule has 0 saturated carbocycles. The van der Waals surface area contributed by atoms with Crippen LogP contribution in [0.3, 0.4) is 0 Å². The number of fused-ring (bicyclic) bond motifs is 1. The van der Waals surface area contributed by atoms with E-state index in [4.69, 9.17) is 4.74 Å². The van der Waals surface area contributed by atoms with Crippen LogP contribution in [-0.2, 0) is 9.53 Å². The van der Waals surface area contributed by atoms with Gasteiger partial charge in [0.25, 0.3) is 0 Å². The van der Waals surface area contributed by atoms with Crippen molar-refractivity contribution in [3.63, 3.8) is 0 Å². The molecule has 2 aliphatic rings. The predicted octanol–water partition coefficient (Wildman–Crippen LogP) is 0.527. The van der Waals surface area contributed by atoms with E-state index in [0.29, 0.717) is 19.6 Å². The highest BCUT2D eigenvalue weighted by Crippen LogP contribution is 2.39. The first-order valence-corrected chi connectivity index (χ1v) is 6.17. The molecule has 18 heavy (non-hydrogen) atoms. The Kier molecular flexibility index (Phi) is 3.01. The Labute approximate surface area is 106 Å². The molecular weight excluding hydrogens is 236 g/mol. The van der Waals surface area contributed by atoms with E-state index in [9.17, 15) is 14.7 Å². The fourth-order valence-corrected chi connectivity index (χ4v) is 2.69. The van der Waals surface area contributed by atoms with Crippen LogP contribution in [0.15, 0.2) is 0 Å². The molecule has 2 saturated heterocycles. The summed E-state index contributed by atoms with van der Waals surface area (Å²) in [6.07, 6.45) is -0.419. The maximum absolute atomic E-state index is 11.9. The minimum atomic E-state index is -0.836. The first-order valence-electron chi connectivity index (χ1n) is 6.17. The summed E-state index contributed by atoms with van der Waals surface area (Å²) in [7, 11) is 0. The van der Waals surface area contributed by atoms with Crippen molar-refractivity contribution in [2.24, 2.45) is 11.3 Å². The fraction of sp³-hybridized carbons (Fsp3) is 0.833. The molecule has 2 fully saturated rings. The van der Waals surface area contributed by atoms with Gasteiger partial charge in [0.05, 0.1) is 0 Å². The molecule has 102 valence electrons. The fourth-order valence-electron chi connectivity index (χ4n) is 2.69. The van der Waals surface area contributed by atoms with Gasteiger partial charge in [0.2, 0.25) is 0 Å². The van der Waals surface area contributed by atoms with Crippen molar-refractivity contribution in [3.05, 3.63) is 0 Å². The molecule has 0 aromatic rings. The number of nitrogens with one attached hydrogen (secondary N) is 1. The summed E-state index contributed by atoms with van der Waals surface area (Å²) >= 11 is 0. The summed E-state index contributed by atoms with van der Waals surface area (Å²) in [6.45, 7) is 7.16. The van der Waals surface area contributed by atoms with E-state index in [2.05, 4.69) is 5.32 Å². The van der Waals surface area contributed by atoms with E-state index in [1.54, 1.807) is 20.8 Å². The molecule has 0 aromatic heterocycles. The molecule has 2 N–H and O–H groups in total. The van der Waals surface area contributed by atoms with E-state index in [-0.39, 0.29) is 12.5 Å². The van der Waals surface area contributed by atoms with Gasteiger partial charge < -0.3 is 20.1 Å². The standard InChI is InChI=1S/C12H20N2O4/c1-11(2,3)18-10(17)14-5-8-4-13-6-12(8,7-14)9(15)16/h8,13H,4-7H2,1-3H3,(H,15,16)/t8-,12+/m1/s1. The number of rotatable bonds is 1. The quantitative estimate of drug-likeness (QED) is 0.715. The zero-order chi connectivity index (χ0) is 13.6. The van der Waals surface area contributed by atoms with E-state index in [1.807, 2.05) is 0 Å². The third kappa shape index (κ3) is 2.16. The first kappa shape index (κ1) is 13.1. The van der Waals surface area contributed by atoms with E-state index in [1.165, 1.54) is 4.90 Å². The molecule has 0 bridgehead atoms. The molecule has 2 heterocycles. The minimum absolute atomic E-state index is 0.0254. The maximum atomic E-state index is 11.9. The van der Waals surface area contributed by atoms with Crippen LogP contribution in [0.1, 0.15) is 20.8 Å². The van der Waals surface area contributed by atoms with Crippen molar-refractivity contribution >= 4 is 12.1 Å². The second-order valence-corrected chi connectivity index (χ2v) is 6.15. The van der Waals surface area contributed by atoms with Crippen LogP contribution < -0.4 is 5.32 Å². The molecule has 6 heteroatoms. The maximum Gasteiger partial charge on any atom is 0.410 e. The molecule has 0 aromatic carbocycles. The zero-order valence-electron chi connectivity index (χ0n) is 11.0. The molecule has 6 nitrogen and oxygen atoms in total. The van der Waals surface area contributed by atoms with Gasteiger partial charge in [-0.25, -0.2) is 4.79 Å². The highest BCUT2D eigenvalue weighted by molar-refractivity contribution is 5.79. The van der Waals surface area contributed by atoms with Crippen LogP contribution in [0.4, 0.5) is 4.79 Å². The molecule has 0 aliphatic carbocycles. The van der Waals surface area contributed by atoms with Crippen LogP contribution in [0.2, 0.25) is 0 Å². The molecule has 0 radical (unpaired) electrons. The average Bonchev–Trinajstić information content (AvgIpc) is 2.69. The molecule has 0 unspecified atom stereocenters. The Morgan fingerprint density at radius 3 is 2.61 bits per heavy atom. The SMILES string of the molecule is CC(C)(C)OC(=O)N1C[C@H]2CNC[C@]2(C(=O)O)C1. The number of carboxylic acid groups (broad SMARTS) is 1. The van der Waals surface area contributed by atoms with Gasteiger partial charge in [-0.1, -0.05) is 0 Å². The number of amides is 1. The van der Waals surface area contributed by atoms with Gasteiger partial charge in [-0.3, -0.25) is 4.79 Å². The highest BCUT2D eigenvalue weighted by atomic mass is 16.6. The van der Waals surface area contributed by atoms with E-state index < -0.39 is 23.1 Å². The van der Waals surface area contributed by atoms with Crippen LogP contribution in [0, 0.1) is 11.3 Å². The van der Waals surface area contributed by atoms with Crippen molar-refractivity contribution in [3.8, 4) is 0 Å². The lowest BCUT2D eigenvalue weighted by molar-refractivity contribution is -0.148. The van der Waals surface area contributed by atoms with Crippen molar-refractivity contribution in [2.45, 2.75) is 26.4 Å². The molecule has 2 atom stereocenters.